The highest BCUT2D eigenvalue weighted by atomic mass is 35.5. The zero-order chi connectivity index (χ0) is 14.4. The van der Waals surface area contributed by atoms with Gasteiger partial charge in [0.2, 0.25) is 5.91 Å². The van der Waals surface area contributed by atoms with E-state index >= 15 is 0 Å². The van der Waals surface area contributed by atoms with Crippen LogP contribution < -0.4 is 5.43 Å². The van der Waals surface area contributed by atoms with Gasteiger partial charge in [-0.2, -0.15) is 5.10 Å². The van der Waals surface area contributed by atoms with Crippen LogP contribution in [0.2, 0.25) is 10.0 Å². The first-order valence-corrected chi connectivity index (χ1v) is 6.56. The van der Waals surface area contributed by atoms with Crippen LogP contribution in [0.5, 0.6) is 0 Å². The minimum Gasteiger partial charge on any atom is -0.273 e. The maximum atomic E-state index is 11.6. The Morgan fingerprint density at radius 2 is 2.20 bits per heavy atom. The molecule has 1 heterocycles. The minimum absolute atomic E-state index is 0.222. The monoisotopic (exact) mass is 307 g/mol. The SMILES string of the molecule is O=C(Cc1cccnc1)N/N=C/c1ccc(Cl)cc1Cl. The number of pyridine rings is 1. The van der Waals surface area contributed by atoms with Crippen LogP contribution in [0, 0.1) is 0 Å². The Morgan fingerprint density at radius 1 is 1.35 bits per heavy atom. The molecule has 20 heavy (non-hydrogen) atoms. The number of carbonyl (C=O) groups excluding carboxylic acids is 1. The van der Waals surface area contributed by atoms with Crippen molar-refractivity contribution < 1.29 is 4.79 Å². The average Bonchev–Trinajstić information content (AvgIpc) is 2.42. The van der Waals surface area contributed by atoms with Gasteiger partial charge < -0.3 is 0 Å². The summed E-state index contributed by atoms with van der Waals surface area (Å²) in [6.07, 6.45) is 4.99. The van der Waals surface area contributed by atoms with Gasteiger partial charge in [0.25, 0.3) is 0 Å². The number of hydrogen-bond acceptors (Lipinski definition) is 3. The van der Waals surface area contributed by atoms with Gasteiger partial charge in [-0.1, -0.05) is 35.3 Å². The predicted octanol–water partition coefficient (Wildman–Crippen LogP) is 3.08. The molecule has 0 atom stereocenters. The Morgan fingerprint density at radius 3 is 2.90 bits per heavy atom. The van der Waals surface area contributed by atoms with Crippen molar-refractivity contribution in [1.82, 2.24) is 10.4 Å². The smallest absolute Gasteiger partial charge is 0.244 e. The van der Waals surface area contributed by atoms with E-state index in [9.17, 15) is 4.79 Å². The van der Waals surface area contributed by atoms with Crippen LogP contribution in [0.4, 0.5) is 0 Å². The number of rotatable bonds is 4. The molecule has 0 unspecified atom stereocenters. The van der Waals surface area contributed by atoms with Gasteiger partial charge in [0.05, 0.1) is 17.7 Å². The molecule has 0 saturated carbocycles. The van der Waals surface area contributed by atoms with Crippen molar-refractivity contribution in [1.29, 1.82) is 0 Å². The molecule has 2 rings (SSSR count). The Bertz CT molecular complexity index is 630. The standard InChI is InChI=1S/C14H11Cl2N3O/c15-12-4-3-11(13(16)7-12)9-18-19-14(20)6-10-2-1-5-17-8-10/h1-5,7-9H,6H2,(H,19,20)/b18-9+. The number of carbonyl (C=O) groups is 1. The third kappa shape index (κ3) is 4.33. The second-order valence-corrected chi connectivity index (χ2v) is 4.84. The summed E-state index contributed by atoms with van der Waals surface area (Å²) < 4.78 is 0. The summed E-state index contributed by atoms with van der Waals surface area (Å²) in [6.45, 7) is 0. The molecule has 0 aliphatic rings. The molecular weight excluding hydrogens is 297 g/mol. The third-order valence-corrected chi connectivity index (χ3v) is 3.01. The lowest BCUT2D eigenvalue weighted by atomic mass is 10.2. The molecule has 1 aromatic carbocycles. The second-order valence-electron chi connectivity index (χ2n) is 4.00. The number of benzene rings is 1. The first-order valence-electron chi connectivity index (χ1n) is 5.81. The van der Waals surface area contributed by atoms with E-state index in [0.717, 1.165) is 5.56 Å². The molecule has 4 nitrogen and oxygen atoms in total. The highest BCUT2D eigenvalue weighted by Crippen LogP contribution is 2.19. The lowest BCUT2D eigenvalue weighted by Gasteiger charge is -2.00. The molecule has 1 N–H and O–H groups in total. The normalized spacial score (nSPS) is 10.7. The van der Waals surface area contributed by atoms with Gasteiger partial charge >= 0.3 is 0 Å². The summed E-state index contributed by atoms with van der Waals surface area (Å²) in [5.74, 6) is -0.223. The zero-order valence-corrected chi connectivity index (χ0v) is 11.9. The van der Waals surface area contributed by atoms with Crippen molar-refractivity contribution in [3.63, 3.8) is 0 Å². The largest absolute Gasteiger partial charge is 0.273 e. The molecular formula is C14H11Cl2N3O. The summed E-state index contributed by atoms with van der Waals surface area (Å²) in [5.41, 5.74) is 3.93. The van der Waals surface area contributed by atoms with Crippen LogP contribution in [-0.2, 0) is 11.2 Å². The fraction of sp³-hybridized carbons (Fsp3) is 0.0714. The van der Waals surface area contributed by atoms with Crippen molar-refractivity contribution >= 4 is 35.3 Å². The maximum Gasteiger partial charge on any atom is 0.244 e. The van der Waals surface area contributed by atoms with E-state index in [-0.39, 0.29) is 12.3 Å². The first-order chi connectivity index (χ1) is 9.65. The molecule has 0 aliphatic heterocycles. The first kappa shape index (κ1) is 14.5. The number of nitrogens with zero attached hydrogens (tertiary/aromatic N) is 2. The van der Waals surface area contributed by atoms with Gasteiger partial charge in [-0.15, -0.1) is 0 Å². The van der Waals surface area contributed by atoms with Gasteiger partial charge in [-0.3, -0.25) is 9.78 Å². The van der Waals surface area contributed by atoms with E-state index in [1.165, 1.54) is 6.21 Å². The van der Waals surface area contributed by atoms with Crippen LogP contribution in [0.25, 0.3) is 0 Å². The highest BCUT2D eigenvalue weighted by Gasteiger charge is 2.02. The number of nitrogens with one attached hydrogen (secondary N) is 1. The summed E-state index contributed by atoms with van der Waals surface area (Å²) in [4.78, 5) is 15.6. The molecule has 1 amide bonds. The maximum absolute atomic E-state index is 11.6. The molecule has 1 aromatic heterocycles. The van der Waals surface area contributed by atoms with Crippen LogP contribution in [0.1, 0.15) is 11.1 Å². The number of aromatic nitrogens is 1. The van der Waals surface area contributed by atoms with E-state index < -0.39 is 0 Å². The lowest BCUT2D eigenvalue weighted by Crippen LogP contribution is -2.19. The van der Waals surface area contributed by atoms with Crippen LogP contribution in [0.3, 0.4) is 0 Å². The van der Waals surface area contributed by atoms with Crippen LogP contribution in [0.15, 0.2) is 47.8 Å². The van der Waals surface area contributed by atoms with Gasteiger partial charge in [-0.25, -0.2) is 5.43 Å². The Kier molecular flexibility index (Phi) is 5.09. The van der Waals surface area contributed by atoms with E-state index in [1.54, 1.807) is 36.7 Å². The topological polar surface area (TPSA) is 54.4 Å². The third-order valence-electron chi connectivity index (χ3n) is 2.44. The molecule has 0 radical (unpaired) electrons. The molecule has 102 valence electrons. The van der Waals surface area contributed by atoms with Crippen LogP contribution >= 0.6 is 23.2 Å². The van der Waals surface area contributed by atoms with Crippen LogP contribution in [-0.4, -0.2) is 17.1 Å². The number of amides is 1. The quantitative estimate of drug-likeness (QED) is 0.697. The molecule has 2 aromatic rings. The van der Waals surface area contributed by atoms with Crippen molar-refractivity contribution in [3.05, 3.63) is 63.9 Å². The van der Waals surface area contributed by atoms with Gasteiger partial charge in [0.1, 0.15) is 0 Å². The number of hydrogen-bond donors (Lipinski definition) is 1. The fourth-order valence-corrected chi connectivity index (χ4v) is 1.96. The van der Waals surface area contributed by atoms with Crippen molar-refractivity contribution in [2.45, 2.75) is 6.42 Å². The Labute approximate surface area is 126 Å². The summed E-state index contributed by atoms with van der Waals surface area (Å²) in [5, 5.41) is 4.88. The van der Waals surface area contributed by atoms with Crippen molar-refractivity contribution in [2.75, 3.05) is 0 Å². The van der Waals surface area contributed by atoms with Gasteiger partial charge in [-0.05, 0) is 23.8 Å². The van der Waals surface area contributed by atoms with E-state index in [0.29, 0.717) is 15.6 Å². The summed E-state index contributed by atoms with van der Waals surface area (Å²) in [6, 6.07) is 8.64. The van der Waals surface area contributed by atoms with Gasteiger partial charge in [0, 0.05) is 23.0 Å². The van der Waals surface area contributed by atoms with E-state index in [1.807, 2.05) is 6.07 Å². The molecule has 0 bridgehead atoms. The summed E-state index contributed by atoms with van der Waals surface area (Å²) in [7, 11) is 0. The lowest BCUT2D eigenvalue weighted by molar-refractivity contribution is -0.120. The highest BCUT2D eigenvalue weighted by molar-refractivity contribution is 6.36. The average molecular weight is 308 g/mol. The minimum atomic E-state index is -0.223. The zero-order valence-electron chi connectivity index (χ0n) is 10.4. The number of hydrazone groups is 1. The second kappa shape index (κ2) is 7.03. The van der Waals surface area contributed by atoms with Gasteiger partial charge in [0.15, 0.2) is 0 Å². The number of halogens is 2. The summed E-state index contributed by atoms with van der Waals surface area (Å²) >= 11 is 11.8. The fourth-order valence-electron chi connectivity index (χ4n) is 1.51. The van der Waals surface area contributed by atoms with E-state index in [4.69, 9.17) is 23.2 Å². The molecule has 0 aliphatic carbocycles. The Hall–Kier alpha value is -1.91. The van der Waals surface area contributed by atoms with E-state index in [2.05, 4.69) is 15.5 Å². The molecule has 0 spiro atoms. The molecule has 0 saturated heterocycles. The molecule has 6 heteroatoms. The van der Waals surface area contributed by atoms with Crippen molar-refractivity contribution in [2.24, 2.45) is 5.10 Å². The Balaban J connectivity index is 1.91. The van der Waals surface area contributed by atoms with Crippen molar-refractivity contribution in [3.8, 4) is 0 Å². The molecule has 0 fully saturated rings. The predicted molar refractivity (Wildman–Crippen MR) is 80.1 cm³/mol.